The number of carbonyl (C=O) groups is 2. The Morgan fingerprint density at radius 1 is 1.09 bits per heavy atom. The van der Waals surface area contributed by atoms with Gasteiger partial charge in [0.05, 0.1) is 24.2 Å². The van der Waals surface area contributed by atoms with Gasteiger partial charge in [-0.25, -0.2) is 9.18 Å². The van der Waals surface area contributed by atoms with Crippen LogP contribution in [0.25, 0.3) is 5.69 Å². The molecule has 1 heterocycles. The van der Waals surface area contributed by atoms with Gasteiger partial charge in [-0.1, -0.05) is 11.8 Å². The number of amides is 2. The van der Waals surface area contributed by atoms with Gasteiger partial charge in [0.15, 0.2) is 5.16 Å². The van der Waals surface area contributed by atoms with Gasteiger partial charge in [0.2, 0.25) is 5.91 Å². The second-order valence-electron chi connectivity index (χ2n) is 7.84. The Bertz CT molecular complexity index is 1130. The zero-order chi connectivity index (χ0) is 24.0. The predicted octanol–water partition coefficient (Wildman–Crippen LogP) is 4.49. The van der Waals surface area contributed by atoms with E-state index in [2.05, 4.69) is 20.8 Å². The summed E-state index contributed by atoms with van der Waals surface area (Å²) in [6.45, 7) is 5.17. The summed E-state index contributed by atoms with van der Waals surface area (Å²) < 4.78 is 25.9. The lowest BCUT2D eigenvalue weighted by molar-refractivity contribution is -0.113. The van der Waals surface area contributed by atoms with Gasteiger partial charge in [-0.3, -0.25) is 14.7 Å². The number of halogens is 1. The Morgan fingerprint density at radius 2 is 1.82 bits per heavy atom. The van der Waals surface area contributed by atoms with Gasteiger partial charge in [-0.05, 0) is 63.2 Å². The molecule has 2 N–H and O–H groups in total. The van der Waals surface area contributed by atoms with Crippen LogP contribution in [0.15, 0.2) is 53.9 Å². The first-order valence-corrected chi connectivity index (χ1v) is 10.9. The van der Waals surface area contributed by atoms with Crippen molar-refractivity contribution < 1.29 is 23.5 Å². The minimum absolute atomic E-state index is 0.0166. The third kappa shape index (κ3) is 6.94. The molecule has 1 aromatic heterocycles. The monoisotopic (exact) mass is 473 g/mol. The van der Waals surface area contributed by atoms with Gasteiger partial charge in [0, 0.05) is 5.69 Å². The number of ether oxygens (including phenoxy) is 2. The van der Waals surface area contributed by atoms with E-state index in [-0.39, 0.29) is 17.1 Å². The average Bonchev–Trinajstić information content (AvgIpc) is 3.21. The Labute approximate surface area is 194 Å². The third-order valence-electron chi connectivity index (χ3n) is 4.09. The number of benzene rings is 2. The largest absolute Gasteiger partial charge is 0.497 e. The number of nitrogens with zero attached hydrogens (tertiary/aromatic N) is 3. The molecule has 0 bridgehead atoms. The summed E-state index contributed by atoms with van der Waals surface area (Å²) in [6, 6.07) is 10.9. The van der Waals surface area contributed by atoms with Crippen LogP contribution in [0.5, 0.6) is 5.75 Å². The van der Waals surface area contributed by atoms with Gasteiger partial charge in [-0.2, -0.15) is 0 Å². The second kappa shape index (κ2) is 10.3. The summed E-state index contributed by atoms with van der Waals surface area (Å²) >= 11 is 1.16. The fraction of sp³-hybridized carbons (Fsp3) is 0.273. The topological polar surface area (TPSA) is 107 Å². The SMILES string of the molecule is COc1ccc(-n2cnnc2SCC(=O)Nc2cc(F)ccc2NC(=O)OC(C)(C)C)cc1. The molecule has 0 saturated heterocycles. The van der Waals surface area contributed by atoms with E-state index >= 15 is 0 Å². The normalized spacial score (nSPS) is 11.1. The van der Waals surface area contributed by atoms with E-state index < -0.39 is 23.4 Å². The number of thioether (sulfide) groups is 1. The quantitative estimate of drug-likeness (QED) is 0.487. The fourth-order valence-electron chi connectivity index (χ4n) is 2.70. The Morgan fingerprint density at radius 3 is 2.48 bits per heavy atom. The Balaban J connectivity index is 1.65. The highest BCUT2D eigenvalue weighted by molar-refractivity contribution is 7.99. The van der Waals surface area contributed by atoms with Crippen molar-refractivity contribution in [1.82, 2.24) is 14.8 Å². The first-order valence-electron chi connectivity index (χ1n) is 9.91. The highest BCUT2D eigenvalue weighted by atomic mass is 32.2. The van der Waals surface area contributed by atoms with Gasteiger partial charge in [-0.15, -0.1) is 10.2 Å². The van der Waals surface area contributed by atoms with E-state index in [4.69, 9.17) is 9.47 Å². The van der Waals surface area contributed by atoms with Crippen LogP contribution in [0.4, 0.5) is 20.6 Å². The van der Waals surface area contributed by atoms with E-state index in [1.807, 2.05) is 12.1 Å². The first-order chi connectivity index (χ1) is 15.6. The minimum Gasteiger partial charge on any atom is -0.497 e. The van der Waals surface area contributed by atoms with Crippen molar-refractivity contribution in [3.05, 3.63) is 54.6 Å². The molecule has 9 nitrogen and oxygen atoms in total. The van der Waals surface area contributed by atoms with E-state index in [1.54, 1.807) is 44.6 Å². The Kier molecular flexibility index (Phi) is 7.54. The molecule has 2 amide bonds. The highest BCUT2D eigenvalue weighted by Gasteiger charge is 2.18. The summed E-state index contributed by atoms with van der Waals surface area (Å²) in [7, 11) is 1.58. The molecule has 0 spiro atoms. The van der Waals surface area contributed by atoms with E-state index in [1.165, 1.54) is 18.5 Å². The molecular weight excluding hydrogens is 449 g/mol. The molecule has 0 saturated carbocycles. The summed E-state index contributed by atoms with van der Waals surface area (Å²) in [5.41, 5.74) is 0.426. The van der Waals surface area contributed by atoms with Crippen molar-refractivity contribution in [2.24, 2.45) is 0 Å². The lowest BCUT2D eigenvalue weighted by Gasteiger charge is -2.20. The maximum Gasteiger partial charge on any atom is 0.412 e. The predicted molar refractivity (Wildman–Crippen MR) is 124 cm³/mol. The number of carbonyl (C=O) groups excluding carboxylic acids is 2. The molecule has 3 rings (SSSR count). The fourth-order valence-corrected chi connectivity index (χ4v) is 3.43. The zero-order valence-corrected chi connectivity index (χ0v) is 19.4. The van der Waals surface area contributed by atoms with Crippen LogP contribution in [0.3, 0.4) is 0 Å². The van der Waals surface area contributed by atoms with Crippen LogP contribution < -0.4 is 15.4 Å². The summed E-state index contributed by atoms with van der Waals surface area (Å²) in [6.07, 6.45) is 0.823. The van der Waals surface area contributed by atoms with E-state index in [0.717, 1.165) is 23.5 Å². The number of rotatable bonds is 7. The van der Waals surface area contributed by atoms with Crippen molar-refractivity contribution >= 4 is 35.1 Å². The highest BCUT2D eigenvalue weighted by Crippen LogP contribution is 2.25. The minimum atomic E-state index is -0.716. The molecule has 174 valence electrons. The average molecular weight is 474 g/mol. The van der Waals surface area contributed by atoms with Crippen LogP contribution >= 0.6 is 11.8 Å². The van der Waals surface area contributed by atoms with Crippen LogP contribution in [0.2, 0.25) is 0 Å². The molecule has 2 aromatic carbocycles. The first kappa shape index (κ1) is 24.1. The molecule has 33 heavy (non-hydrogen) atoms. The molecule has 0 radical (unpaired) electrons. The van der Waals surface area contributed by atoms with Gasteiger partial charge in [0.1, 0.15) is 23.5 Å². The molecule has 3 aromatic rings. The number of nitrogens with one attached hydrogen (secondary N) is 2. The van der Waals surface area contributed by atoms with Crippen LogP contribution in [-0.2, 0) is 9.53 Å². The van der Waals surface area contributed by atoms with Crippen LogP contribution in [0, 0.1) is 5.82 Å². The summed E-state index contributed by atoms with van der Waals surface area (Å²) in [5.74, 6) is -0.280. The lowest BCUT2D eigenvalue weighted by Crippen LogP contribution is -2.27. The standard InChI is InChI=1S/C22H24FN5O4S/c1-22(2,3)32-21(30)26-17-10-5-14(23)11-18(17)25-19(29)12-33-20-27-24-13-28(20)15-6-8-16(31-4)9-7-15/h5-11,13H,12H2,1-4H3,(H,25,29)(H,26,30). The van der Waals surface area contributed by atoms with Gasteiger partial charge >= 0.3 is 6.09 Å². The molecule has 11 heteroatoms. The number of hydrogen-bond acceptors (Lipinski definition) is 7. The van der Waals surface area contributed by atoms with Crippen LogP contribution in [0.1, 0.15) is 20.8 Å². The molecular formula is C22H24FN5O4S. The number of anilines is 2. The van der Waals surface area contributed by atoms with E-state index in [9.17, 15) is 14.0 Å². The maximum absolute atomic E-state index is 13.8. The zero-order valence-electron chi connectivity index (χ0n) is 18.6. The Hall–Kier alpha value is -3.60. The smallest absolute Gasteiger partial charge is 0.412 e. The lowest BCUT2D eigenvalue weighted by atomic mass is 10.2. The number of methoxy groups -OCH3 is 1. The maximum atomic E-state index is 13.8. The summed E-state index contributed by atoms with van der Waals surface area (Å²) in [4.78, 5) is 24.6. The van der Waals surface area contributed by atoms with Crippen molar-refractivity contribution in [3.63, 3.8) is 0 Å². The molecule has 0 fully saturated rings. The molecule has 0 atom stereocenters. The van der Waals surface area contributed by atoms with Crippen molar-refractivity contribution in [2.75, 3.05) is 23.5 Å². The molecule has 0 aliphatic carbocycles. The van der Waals surface area contributed by atoms with Gasteiger partial charge < -0.3 is 14.8 Å². The van der Waals surface area contributed by atoms with Crippen molar-refractivity contribution in [1.29, 1.82) is 0 Å². The molecule has 0 aliphatic heterocycles. The summed E-state index contributed by atoms with van der Waals surface area (Å²) in [5, 5.41) is 13.6. The number of aromatic nitrogens is 3. The number of hydrogen-bond donors (Lipinski definition) is 2. The van der Waals surface area contributed by atoms with Crippen molar-refractivity contribution in [3.8, 4) is 11.4 Å². The van der Waals surface area contributed by atoms with Crippen LogP contribution in [-0.4, -0.2) is 45.2 Å². The second-order valence-corrected chi connectivity index (χ2v) is 8.78. The third-order valence-corrected chi connectivity index (χ3v) is 5.03. The van der Waals surface area contributed by atoms with E-state index in [0.29, 0.717) is 10.9 Å². The van der Waals surface area contributed by atoms with Gasteiger partial charge in [0.25, 0.3) is 0 Å². The van der Waals surface area contributed by atoms with Crippen molar-refractivity contribution in [2.45, 2.75) is 31.5 Å². The molecule has 0 unspecified atom stereocenters. The molecule has 0 aliphatic rings.